The number of rotatable bonds is 1. The Labute approximate surface area is 132 Å². The van der Waals surface area contributed by atoms with Crippen molar-refractivity contribution >= 4 is 5.97 Å². The Morgan fingerprint density at radius 3 is 2.09 bits per heavy atom. The summed E-state index contributed by atoms with van der Waals surface area (Å²) in [5, 5.41) is 0. The molecule has 0 radical (unpaired) electrons. The van der Waals surface area contributed by atoms with Crippen LogP contribution in [0.3, 0.4) is 0 Å². The van der Waals surface area contributed by atoms with Gasteiger partial charge in [0.25, 0.3) is 0 Å². The fourth-order valence-electron chi connectivity index (χ4n) is 5.28. The SMILES string of the molecule is COC(=O)c1ccc(C#CC23CC4CC(CC(C4)C2)C3)cc1. The van der Waals surface area contributed by atoms with Crippen LogP contribution < -0.4 is 0 Å². The van der Waals surface area contributed by atoms with Gasteiger partial charge in [-0.25, -0.2) is 4.79 Å². The number of esters is 1. The molecule has 0 amide bonds. The van der Waals surface area contributed by atoms with Crippen LogP contribution in [0.5, 0.6) is 0 Å². The summed E-state index contributed by atoms with van der Waals surface area (Å²) in [7, 11) is 1.41. The van der Waals surface area contributed by atoms with E-state index in [-0.39, 0.29) is 11.4 Å². The van der Waals surface area contributed by atoms with E-state index in [0.717, 1.165) is 23.3 Å². The lowest BCUT2D eigenvalue weighted by Gasteiger charge is -2.54. The van der Waals surface area contributed by atoms with Crippen LogP contribution in [0.2, 0.25) is 0 Å². The van der Waals surface area contributed by atoms with Gasteiger partial charge in [0.1, 0.15) is 0 Å². The van der Waals surface area contributed by atoms with Crippen molar-refractivity contribution in [2.45, 2.75) is 38.5 Å². The molecule has 1 aromatic carbocycles. The van der Waals surface area contributed by atoms with Crippen molar-refractivity contribution in [1.82, 2.24) is 0 Å². The van der Waals surface area contributed by atoms with Gasteiger partial charge in [0, 0.05) is 11.0 Å². The number of benzene rings is 1. The lowest BCUT2D eigenvalue weighted by Crippen LogP contribution is -2.45. The average molecular weight is 294 g/mol. The van der Waals surface area contributed by atoms with Crippen LogP contribution >= 0.6 is 0 Å². The van der Waals surface area contributed by atoms with Crippen LogP contribution in [0.4, 0.5) is 0 Å². The van der Waals surface area contributed by atoms with E-state index in [1.165, 1.54) is 45.6 Å². The first kappa shape index (κ1) is 13.9. The average Bonchev–Trinajstić information content (AvgIpc) is 2.51. The third kappa shape index (κ3) is 2.43. The Morgan fingerprint density at radius 1 is 1.05 bits per heavy atom. The fourth-order valence-corrected chi connectivity index (χ4v) is 5.28. The number of ether oxygens (including phenoxy) is 1. The molecule has 0 saturated heterocycles. The molecular weight excluding hydrogens is 272 g/mol. The van der Waals surface area contributed by atoms with Crippen LogP contribution in [0.25, 0.3) is 0 Å². The Balaban J connectivity index is 1.54. The molecule has 4 aliphatic rings. The van der Waals surface area contributed by atoms with Crippen molar-refractivity contribution in [3.8, 4) is 11.8 Å². The van der Waals surface area contributed by atoms with E-state index in [2.05, 4.69) is 11.8 Å². The number of carbonyl (C=O) groups is 1. The van der Waals surface area contributed by atoms with Crippen molar-refractivity contribution in [2.24, 2.45) is 23.2 Å². The van der Waals surface area contributed by atoms with Gasteiger partial charge in [0.2, 0.25) is 0 Å². The quantitative estimate of drug-likeness (QED) is 0.577. The summed E-state index contributed by atoms with van der Waals surface area (Å²) >= 11 is 0. The lowest BCUT2D eigenvalue weighted by molar-refractivity contribution is -0.0181. The zero-order valence-corrected chi connectivity index (χ0v) is 13.1. The Hall–Kier alpha value is -1.75. The molecule has 0 heterocycles. The first-order chi connectivity index (χ1) is 10.7. The summed E-state index contributed by atoms with van der Waals surface area (Å²) in [6, 6.07) is 7.46. The summed E-state index contributed by atoms with van der Waals surface area (Å²) in [4.78, 5) is 11.5. The minimum Gasteiger partial charge on any atom is -0.465 e. The normalized spacial score (nSPS) is 34.9. The summed E-state index contributed by atoms with van der Waals surface area (Å²) in [6.07, 6.45) is 8.29. The molecule has 0 atom stereocenters. The Morgan fingerprint density at radius 2 is 1.59 bits per heavy atom. The Bertz CT molecular complexity index is 609. The van der Waals surface area contributed by atoms with Crippen LogP contribution in [0, 0.1) is 35.0 Å². The summed E-state index contributed by atoms with van der Waals surface area (Å²) in [5.41, 5.74) is 1.88. The standard InChI is InChI=1S/C20H22O2/c1-22-19(21)18-4-2-14(3-5-18)6-7-20-11-15-8-16(12-20)10-17(9-15)13-20/h2-5,15-17H,8-13H2,1H3. The van der Waals surface area contributed by atoms with Crippen LogP contribution in [0.15, 0.2) is 24.3 Å². The van der Waals surface area contributed by atoms with Crippen molar-refractivity contribution in [1.29, 1.82) is 0 Å². The maximum atomic E-state index is 11.5. The van der Waals surface area contributed by atoms with Gasteiger partial charge in [0.05, 0.1) is 12.7 Å². The first-order valence-corrected chi connectivity index (χ1v) is 8.37. The molecule has 0 aliphatic heterocycles. The third-order valence-corrected chi connectivity index (χ3v) is 5.82. The van der Waals surface area contributed by atoms with Crippen molar-refractivity contribution in [3.63, 3.8) is 0 Å². The molecule has 0 unspecified atom stereocenters. The minimum absolute atomic E-state index is 0.287. The second kappa shape index (κ2) is 5.16. The van der Waals surface area contributed by atoms with Crippen LogP contribution in [-0.4, -0.2) is 13.1 Å². The van der Waals surface area contributed by atoms with E-state index in [4.69, 9.17) is 4.74 Å². The molecule has 0 aromatic heterocycles. The zero-order valence-electron chi connectivity index (χ0n) is 13.1. The van der Waals surface area contributed by atoms with Gasteiger partial charge in [0.15, 0.2) is 0 Å². The molecule has 0 spiro atoms. The number of methoxy groups -OCH3 is 1. The van der Waals surface area contributed by atoms with E-state index >= 15 is 0 Å². The highest BCUT2D eigenvalue weighted by Crippen LogP contribution is 2.59. The predicted octanol–water partition coefficient (Wildman–Crippen LogP) is 4.04. The maximum absolute atomic E-state index is 11.5. The number of hydrogen-bond acceptors (Lipinski definition) is 2. The molecular formula is C20H22O2. The largest absolute Gasteiger partial charge is 0.465 e. The molecule has 1 aromatic rings. The smallest absolute Gasteiger partial charge is 0.337 e. The molecule has 5 rings (SSSR count). The van der Waals surface area contributed by atoms with Gasteiger partial charge in [-0.05, 0) is 80.5 Å². The molecule has 4 aliphatic carbocycles. The van der Waals surface area contributed by atoms with Gasteiger partial charge in [-0.15, -0.1) is 0 Å². The van der Waals surface area contributed by atoms with E-state index in [9.17, 15) is 4.79 Å². The highest BCUT2D eigenvalue weighted by molar-refractivity contribution is 5.89. The topological polar surface area (TPSA) is 26.3 Å². The molecule has 2 heteroatoms. The minimum atomic E-state index is -0.291. The summed E-state index contributed by atoms with van der Waals surface area (Å²) in [6.45, 7) is 0. The molecule has 2 nitrogen and oxygen atoms in total. The van der Waals surface area contributed by atoms with Gasteiger partial charge in [-0.2, -0.15) is 0 Å². The van der Waals surface area contributed by atoms with Crippen LogP contribution in [0.1, 0.15) is 54.4 Å². The van der Waals surface area contributed by atoms with Gasteiger partial charge in [-0.1, -0.05) is 11.8 Å². The number of hydrogen-bond donors (Lipinski definition) is 0. The highest BCUT2D eigenvalue weighted by Gasteiger charge is 2.50. The molecule has 4 saturated carbocycles. The third-order valence-electron chi connectivity index (χ3n) is 5.82. The Kier molecular flexibility index (Phi) is 3.26. The van der Waals surface area contributed by atoms with Crippen LogP contribution in [-0.2, 0) is 4.74 Å². The van der Waals surface area contributed by atoms with Gasteiger partial charge in [-0.3, -0.25) is 0 Å². The molecule has 4 fully saturated rings. The number of carbonyl (C=O) groups excluding carboxylic acids is 1. The summed E-state index contributed by atoms with van der Waals surface area (Å²) < 4.78 is 4.73. The molecule has 114 valence electrons. The first-order valence-electron chi connectivity index (χ1n) is 8.37. The van der Waals surface area contributed by atoms with Crippen molar-refractivity contribution < 1.29 is 9.53 Å². The predicted molar refractivity (Wildman–Crippen MR) is 85.3 cm³/mol. The van der Waals surface area contributed by atoms with E-state index < -0.39 is 0 Å². The molecule has 0 N–H and O–H groups in total. The monoisotopic (exact) mass is 294 g/mol. The zero-order chi connectivity index (χ0) is 15.2. The van der Waals surface area contributed by atoms with E-state index in [0.29, 0.717) is 5.56 Å². The molecule has 4 bridgehead atoms. The summed E-state index contributed by atoms with van der Waals surface area (Å²) in [5.74, 6) is 9.53. The van der Waals surface area contributed by atoms with Gasteiger partial charge >= 0.3 is 5.97 Å². The maximum Gasteiger partial charge on any atom is 0.337 e. The van der Waals surface area contributed by atoms with Gasteiger partial charge < -0.3 is 4.74 Å². The highest BCUT2D eigenvalue weighted by atomic mass is 16.5. The molecule has 22 heavy (non-hydrogen) atoms. The van der Waals surface area contributed by atoms with E-state index in [1.807, 2.05) is 12.1 Å². The van der Waals surface area contributed by atoms with E-state index in [1.54, 1.807) is 12.1 Å². The fraction of sp³-hybridized carbons (Fsp3) is 0.550. The second-order valence-corrected chi connectivity index (χ2v) is 7.52. The van der Waals surface area contributed by atoms with Crippen molar-refractivity contribution in [2.75, 3.05) is 7.11 Å². The van der Waals surface area contributed by atoms with Crippen molar-refractivity contribution in [3.05, 3.63) is 35.4 Å². The lowest BCUT2D eigenvalue weighted by atomic mass is 9.50. The second-order valence-electron chi connectivity index (χ2n) is 7.52.